The summed E-state index contributed by atoms with van der Waals surface area (Å²) in [5.74, 6) is -0.747. The molecule has 1 unspecified atom stereocenters. The molecule has 2 aromatic carbocycles. The lowest BCUT2D eigenvalue weighted by Crippen LogP contribution is -2.37. The Hall–Kier alpha value is -4.08. The lowest BCUT2D eigenvalue weighted by molar-refractivity contribution is -0.148. The van der Waals surface area contributed by atoms with Crippen LogP contribution in [-0.2, 0) is 19.1 Å². The Morgan fingerprint density at radius 1 is 1.00 bits per heavy atom. The van der Waals surface area contributed by atoms with Crippen LogP contribution in [0.5, 0.6) is 11.5 Å². The number of amides is 4. The molecule has 0 radical (unpaired) electrons. The lowest BCUT2D eigenvalue weighted by Gasteiger charge is -2.19. The molecule has 0 aromatic heterocycles. The maximum Gasteiger partial charge on any atom is 0.325 e. The van der Waals surface area contributed by atoms with E-state index in [2.05, 4.69) is 16.0 Å². The van der Waals surface area contributed by atoms with Crippen LogP contribution in [0.4, 0.5) is 10.5 Å². The van der Waals surface area contributed by atoms with Gasteiger partial charge >= 0.3 is 12.0 Å². The van der Waals surface area contributed by atoms with E-state index in [4.69, 9.17) is 14.2 Å². The number of ether oxygens (including phenoxy) is 3. The lowest BCUT2D eigenvalue weighted by atomic mass is 10.0. The van der Waals surface area contributed by atoms with Crippen LogP contribution < -0.4 is 25.4 Å². The van der Waals surface area contributed by atoms with Gasteiger partial charge in [0.1, 0.15) is 13.2 Å². The second-order valence-corrected chi connectivity index (χ2v) is 7.39. The summed E-state index contributed by atoms with van der Waals surface area (Å²) in [5.41, 5.74) is 2.17. The van der Waals surface area contributed by atoms with Crippen molar-refractivity contribution < 1.29 is 33.4 Å². The largest absolute Gasteiger partial charge is 0.486 e. The molecule has 174 valence electrons. The molecule has 33 heavy (non-hydrogen) atoms. The number of hydrogen-bond acceptors (Lipinski definition) is 7. The average Bonchev–Trinajstić information content (AvgIpc) is 2.77. The molecule has 1 aliphatic rings. The van der Waals surface area contributed by atoms with Crippen molar-refractivity contribution in [1.82, 2.24) is 10.6 Å². The molecular weight excluding hydrogens is 430 g/mol. The summed E-state index contributed by atoms with van der Waals surface area (Å²) in [5, 5.41) is 7.27. The number of carbonyl (C=O) groups excluding carboxylic acids is 4. The fourth-order valence-corrected chi connectivity index (χ4v) is 3.11. The predicted molar refractivity (Wildman–Crippen MR) is 118 cm³/mol. The van der Waals surface area contributed by atoms with E-state index in [1.807, 2.05) is 19.1 Å². The van der Waals surface area contributed by atoms with Gasteiger partial charge in [0, 0.05) is 18.7 Å². The van der Waals surface area contributed by atoms with E-state index < -0.39 is 30.6 Å². The minimum Gasteiger partial charge on any atom is -0.486 e. The predicted octanol–water partition coefficient (Wildman–Crippen LogP) is 2.23. The van der Waals surface area contributed by atoms with Crippen LogP contribution in [0.3, 0.4) is 0 Å². The molecule has 10 nitrogen and oxygen atoms in total. The zero-order valence-corrected chi connectivity index (χ0v) is 18.3. The highest BCUT2D eigenvalue weighted by atomic mass is 16.6. The van der Waals surface area contributed by atoms with E-state index in [0.29, 0.717) is 30.4 Å². The van der Waals surface area contributed by atoms with Gasteiger partial charge in [-0.1, -0.05) is 29.8 Å². The smallest absolute Gasteiger partial charge is 0.325 e. The van der Waals surface area contributed by atoms with Crippen molar-refractivity contribution >= 4 is 29.5 Å². The standard InChI is InChI=1S/C23H25N3O7/c1-14-3-5-16(6-4-14)18(24-15(2)27)12-22(29)33-13-21(28)26-23(30)25-17-7-8-19-20(11-17)32-10-9-31-19/h3-8,11,18H,9-10,12-13H2,1-2H3,(H,24,27)(H2,25,26,28,30). The molecule has 3 N–H and O–H groups in total. The van der Waals surface area contributed by atoms with E-state index in [9.17, 15) is 19.2 Å². The number of anilines is 1. The fraction of sp³-hybridized carbons (Fsp3) is 0.304. The van der Waals surface area contributed by atoms with Crippen molar-refractivity contribution in [2.75, 3.05) is 25.1 Å². The number of esters is 1. The van der Waals surface area contributed by atoms with Crippen LogP contribution in [0.15, 0.2) is 42.5 Å². The van der Waals surface area contributed by atoms with Crippen molar-refractivity contribution in [2.24, 2.45) is 0 Å². The Morgan fingerprint density at radius 2 is 1.70 bits per heavy atom. The van der Waals surface area contributed by atoms with Crippen LogP contribution >= 0.6 is 0 Å². The van der Waals surface area contributed by atoms with Crippen molar-refractivity contribution in [3.63, 3.8) is 0 Å². The molecule has 0 bridgehead atoms. The van der Waals surface area contributed by atoms with Crippen LogP contribution in [0.25, 0.3) is 0 Å². The molecular formula is C23H25N3O7. The van der Waals surface area contributed by atoms with Crippen LogP contribution in [0.1, 0.15) is 30.5 Å². The summed E-state index contributed by atoms with van der Waals surface area (Å²) in [7, 11) is 0. The number of benzene rings is 2. The molecule has 0 fully saturated rings. The molecule has 1 atom stereocenters. The summed E-state index contributed by atoms with van der Waals surface area (Å²) in [4.78, 5) is 47.8. The highest BCUT2D eigenvalue weighted by Gasteiger charge is 2.20. The number of hydrogen-bond donors (Lipinski definition) is 3. The van der Waals surface area contributed by atoms with E-state index >= 15 is 0 Å². The Kier molecular flexibility index (Phi) is 7.85. The number of nitrogens with one attached hydrogen (secondary N) is 3. The Balaban J connectivity index is 1.46. The first-order valence-electron chi connectivity index (χ1n) is 10.3. The van der Waals surface area contributed by atoms with Gasteiger partial charge in [0.05, 0.1) is 12.5 Å². The number of urea groups is 1. The molecule has 0 spiro atoms. The van der Waals surface area contributed by atoms with Crippen LogP contribution in [-0.4, -0.2) is 43.6 Å². The quantitative estimate of drug-likeness (QED) is 0.546. The number of carbonyl (C=O) groups is 4. The van der Waals surface area contributed by atoms with Crippen LogP contribution in [0.2, 0.25) is 0 Å². The van der Waals surface area contributed by atoms with Crippen molar-refractivity contribution in [3.8, 4) is 11.5 Å². The van der Waals surface area contributed by atoms with E-state index in [0.717, 1.165) is 11.1 Å². The molecule has 0 saturated carbocycles. The fourth-order valence-electron chi connectivity index (χ4n) is 3.11. The molecule has 10 heteroatoms. The van der Waals surface area contributed by atoms with Crippen molar-refractivity contribution in [2.45, 2.75) is 26.3 Å². The maximum absolute atomic E-state index is 12.2. The second kappa shape index (κ2) is 11.0. The molecule has 2 aromatic rings. The average molecular weight is 455 g/mol. The maximum atomic E-state index is 12.2. The van der Waals surface area contributed by atoms with Gasteiger partial charge in [-0.2, -0.15) is 0 Å². The summed E-state index contributed by atoms with van der Waals surface area (Å²) < 4.78 is 15.8. The molecule has 4 amide bonds. The molecule has 1 aliphatic heterocycles. The monoisotopic (exact) mass is 455 g/mol. The number of rotatable bonds is 7. The zero-order chi connectivity index (χ0) is 23.8. The summed E-state index contributed by atoms with van der Waals surface area (Å²) >= 11 is 0. The van der Waals surface area contributed by atoms with Gasteiger partial charge in [-0.25, -0.2) is 4.79 Å². The minimum absolute atomic E-state index is 0.167. The molecule has 0 saturated heterocycles. The summed E-state index contributed by atoms with van der Waals surface area (Å²) in [6.45, 7) is 3.48. The molecule has 0 aliphatic carbocycles. The Morgan fingerprint density at radius 3 is 2.39 bits per heavy atom. The first-order valence-corrected chi connectivity index (χ1v) is 10.3. The third-order valence-corrected chi connectivity index (χ3v) is 4.65. The highest BCUT2D eigenvalue weighted by Crippen LogP contribution is 2.32. The first-order chi connectivity index (χ1) is 15.8. The number of imide groups is 1. The third kappa shape index (κ3) is 7.23. The number of aryl methyl sites for hydroxylation is 1. The molecule has 1 heterocycles. The van der Waals surface area contributed by atoms with Crippen molar-refractivity contribution in [1.29, 1.82) is 0 Å². The Bertz CT molecular complexity index is 1040. The van der Waals surface area contributed by atoms with Gasteiger partial charge in [0.2, 0.25) is 5.91 Å². The van der Waals surface area contributed by atoms with Gasteiger partial charge < -0.3 is 24.8 Å². The SMILES string of the molecule is CC(=O)NC(CC(=O)OCC(=O)NC(=O)Nc1ccc2c(c1)OCCO2)c1ccc(C)cc1. The van der Waals surface area contributed by atoms with E-state index in [1.54, 1.807) is 30.3 Å². The Labute approximate surface area is 190 Å². The van der Waals surface area contributed by atoms with Crippen LogP contribution in [0, 0.1) is 6.92 Å². The van der Waals surface area contributed by atoms with Gasteiger partial charge in [-0.3, -0.25) is 19.7 Å². The summed E-state index contributed by atoms with van der Waals surface area (Å²) in [6.07, 6.45) is -0.167. The minimum atomic E-state index is -0.801. The van der Waals surface area contributed by atoms with E-state index in [-0.39, 0.29) is 12.3 Å². The molecule has 3 rings (SSSR count). The third-order valence-electron chi connectivity index (χ3n) is 4.65. The second-order valence-electron chi connectivity index (χ2n) is 7.39. The van der Waals surface area contributed by atoms with Gasteiger partial charge in [-0.05, 0) is 24.6 Å². The van der Waals surface area contributed by atoms with Crippen molar-refractivity contribution in [3.05, 3.63) is 53.6 Å². The normalized spacial score (nSPS) is 12.8. The van der Waals surface area contributed by atoms with Gasteiger partial charge in [-0.15, -0.1) is 0 Å². The topological polar surface area (TPSA) is 132 Å². The van der Waals surface area contributed by atoms with Gasteiger partial charge in [0.25, 0.3) is 5.91 Å². The van der Waals surface area contributed by atoms with Gasteiger partial charge in [0.15, 0.2) is 18.1 Å². The first kappa shape index (κ1) is 23.6. The highest BCUT2D eigenvalue weighted by molar-refractivity contribution is 6.02. The number of fused-ring (bicyclic) bond motifs is 1. The van der Waals surface area contributed by atoms with E-state index in [1.165, 1.54) is 6.92 Å². The summed E-state index contributed by atoms with van der Waals surface area (Å²) in [6, 6.07) is 10.8. The zero-order valence-electron chi connectivity index (χ0n) is 18.3.